The summed E-state index contributed by atoms with van der Waals surface area (Å²) >= 11 is 0. The van der Waals surface area contributed by atoms with Crippen molar-refractivity contribution in [2.75, 3.05) is 14.2 Å². The average molecular weight is 381 g/mol. The third-order valence-electron chi connectivity index (χ3n) is 3.62. The van der Waals surface area contributed by atoms with Gasteiger partial charge in [0, 0.05) is 5.56 Å². The number of rotatable bonds is 6. The van der Waals surface area contributed by atoms with Crippen LogP contribution in [0.3, 0.4) is 0 Å². The van der Waals surface area contributed by atoms with Crippen molar-refractivity contribution < 1.29 is 32.4 Å². The molecular formula is C18H14F3NO5. The quantitative estimate of drug-likeness (QED) is 0.318. The molecule has 0 atom stereocenters. The highest BCUT2D eigenvalue weighted by Crippen LogP contribution is 2.35. The number of nitrogens with zero attached hydrogens (tertiary/aromatic N) is 1. The molecule has 0 spiro atoms. The van der Waals surface area contributed by atoms with E-state index in [0.29, 0.717) is 0 Å². The SMILES string of the molecule is COc1cc(/C=C/C(=O)c2cccc(C(F)(F)F)c2)c([N+](=O)[O-])cc1OC. The zero-order valence-electron chi connectivity index (χ0n) is 14.2. The molecule has 0 aliphatic rings. The van der Waals surface area contributed by atoms with E-state index in [1.807, 2.05) is 0 Å². The van der Waals surface area contributed by atoms with Crippen molar-refractivity contribution in [1.82, 2.24) is 0 Å². The Labute approximate surface area is 152 Å². The van der Waals surface area contributed by atoms with Gasteiger partial charge in [0.15, 0.2) is 17.3 Å². The highest BCUT2D eigenvalue weighted by Gasteiger charge is 2.30. The van der Waals surface area contributed by atoms with Crippen molar-refractivity contribution >= 4 is 17.5 Å². The first-order chi connectivity index (χ1) is 12.7. The third kappa shape index (κ3) is 4.63. The van der Waals surface area contributed by atoms with Gasteiger partial charge in [-0.25, -0.2) is 0 Å². The number of nitro benzene ring substituents is 1. The van der Waals surface area contributed by atoms with Crippen LogP contribution >= 0.6 is 0 Å². The van der Waals surface area contributed by atoms with Crippen LogP contribution < -0.4 is 9.47 Å². The van der Waals surface area contributed by atoms with Gasteiger partial charge in [0.2, 0.25) is 0 Å². The van der Waals surface area contributed by atoms with Crippen molar-refractivity contribution in [2.24, 2.45) is 0 Å². The Bertz CT molecular complexity index is 906. The average Bonchev–Trinajstić information content (AvgIpc) is 2.64. The van der Waals surface area contributed by atoms with Gasteiger partial charge < -0.3 is 9.47 Å². The molecule has 0 amide bonds. The number of nitro groups is 1. The van der Waals surface area contributed by atoms with Crippen LogP contribution in [0.25, 0.3) is 6.08 Å². The van der Waals surface area contributed by atoms with Crippen LogP contribution in [-0.2, 0) is 6.18 Å². The zero-order chi connectivity index (χ0) is 20.2. The molecule has 2 aromatic carbocycles. The summed E-state index contributed by atoms with van der Waals surface area (Å²) in [5.41, 5.74) is -1.46. The molecule has 0 aliphatic heterocycles. The maximum absolute atomic E-state index is 12.7. The van der Waals surface area contributed by atoms with E-state index in [2.05, 4.69) is 0 Å². The Morgan fingerprint density at radius 1 is 1.11 bits per heavy atom. The van der Waals surface area contributed by atoms with Crippen LogP contribution in [0.15, 0.2) is 42.5 Å². The number of carbonyl (C=O) groups is 1. The molecule has 0 radical (unpaired) electrons. The number of benzene rings is 2. The number of methoxy groups -OCH3 is 2. The van der Waals surface area contributed by atoms with Crippen molar-refractivity contribution in [2.45, 2.75) is 6.18 Å². The maximum Gasteiger partial charge on any atom is 0.416 e. The lowest BCUT2D eigenvalue weighted by molar-refractivity contribution is -0.385. The van der Waals surface area contributed by atoms with Gasteiger partial charge in [-0.2, -0.15) is 13.2 Å². The van der Waals surface area contributed by atoms with Crippen LogP contribution in [-0.4, -0.2) is 24.9 Å². The van der Waals surface area contributed by atoms with Gasteiger partial charge in [-0.15, -0.1) is 0 Å². The topological polar surface area (TPSA) is 78.7 Å². The second-order valence-electron chi connectivity index (χ2n) is 5.30. The minimum Gasteiger partial charge on any atom is -0.493 e. The van der Waals surface area contributed by atoms with Gasteiger partial charge in [-0.3, -0.25) is 14.9 Å². The number of alkyl halides is 3. The first-order valence-corrected chi connectivity index (χ1v) is 7.47. The Kier molecular flexibility index (Phi) is 5.84. The predicted molar refractivity (Wildman–Crippen MR) is 91.0 cm³/mol. The first-order valence-electron chi connectivity index (χ1n) is 7.47. The summed E-state index contributed by atoms with van der Waals surface area (Å²) in [6.45, 7) is 0. The van der Waals surface area contributed by atoms with Crippen molar-refractivity contribution in [3.8, 4) is 11.5 Å². The van der Waals surface area contributed by atoms with Crippen molar-refractivity contribution in [1.29, 1.82) is 0 Å². The molecule has 9 heteroatoms. The molecule has 0 aromatic heterocycles. The number of allylic oxidation sites excluding steroid dienone is 1. The summed E-state index contributed by atoms with van der Waals surface area (Å²) in [4.78, 5) is 22.7. The largest absolute Gasteiger partial charge is 0.493 e. The number of hydrogen-bond donors (Lipinski definition) is 0. The van der Waals surface area contributed by atoms with E-state index in [0.717, 1.165) is 36.4 Å². The van der Waals surface area contributed by atoms with Gasteiger partial charge in [0.1, 0.15) is 0 Å². The van der Waals surface area contributed by atoms with Crippen LogP contribution in [0, 0.1) is 10.1 Å². The fourth-order valence-corrected chi connectivity index (χ4v) is 2.29. The van der Waals surface area contributed by atoms with Gasteiger partial charge >= 0.3 is 6.18 Å². The molecule has 6 nitrogen and oxygen atoms in total. The second kappa shape index (κ2) is 7.90. The molecule has 0 unspecified atom stereocenters. The van der Waals surface area contributed by atoms with E-state index in [1.165, 1.54) is 26.4 Å². The summed E-state index contributed by atoms with van der Waals surface area (Å²) in [5, 5.41) is 11.2. The maximum atomic E-state index is 12.7. The summed E-state index contributed by atoms with van der Waals surface area (Å²) < 4.78 is 48.3. The number of halogens is 3. The van der Waals surface area contributed by atoms with Gasteiger partial charge in [0.25, 0.3) is 5.69 Å². The van der Waals surface area contributed by atoms with Crippen LogP contribution in [0.4, 0.5) is 18.9 Å². The Hall–Kier alpha value is -3.36. The molecule has 2 rings (SSSR count). The standard InChI is InChI=1S/C18H14F3NO5/c1-26-16-9-11(14(22(24)25)10-17(16)27-2)6-7-15(23)12-4-3-5-13(8-12)18(19,20)21/h3-10H,1-2H3/b7-6+. The summed E-state index contributed by atoms with van der Waals surface area (Å²) in [7, 11) is 2.65. The molecule has 27 heavy (non-hydrogen) atoms. The molecule has 0 fully saturated rings. The van der Waals surface area contributed by atoms with Gasteiger partial charge in [-0.05, 0) is 30.4 Å². The second-order valence-corrected chi connectivity index (χ2v) is 5.30. The van der Waals surface area contributed by atoms with E-state index in [1.54, 1.807) is 0 Å². The third-order valence-corrected chi connectivity index (χ3v) is 3.62. The van der Waals surface area contributed by atoms with E-state index in [9.17, 15) is 28.1 Å². The Balaban J connectivity index is 2.40. The lowest BCUT2D eigenvalue weighted by Gasteiger charge is -2.09. The van der Waals surface area contributed by atoms with E-state index >= 15 is 0 Å². The van der Waals surface area contributed by atoms with Gasteiger partial charge in [0.05, 0.1) is 36.3 Å². The molecule has 142 valence electrons. The number of hydrogen-bond acceptors (Lipinski definition) is 5. The number of ether oxygens (including phenoxy) is 2. The van der Waals surface area contributed by atoms with Crippen LogP contribution in [0.1, 0.15) is 21.5 Å². The normalized spacial score (nSPS) is 11.4. The molecule has 0 aliphatic carbocycles. The van der Waals surface area contributed by atoms with E-state index < -0.39 is 22.4 Å². The fraction of sp³-hybridized carbons (Fsp3) is 0.167. The van der Waals surface area contributed by atoms with Gasteiger partial charge in [-0.1, -0.05) is 12.1 Å². The highest BCUT2D eigenvalue weighted by molar-refractivity contribution is 6.07. The van der Waals surface area contributed by atoms with Crippen LogP contribution in [0.5, 0.6) is 11.5 Å². The lowest BCUT2D eigenvalue weighted by atomic mass is 10.0. The number of ketones is 1. The molecular weight excluding hydrogens is 367 g/mol. The summed E-state index contributed by atoms with van der Waals surface area (Å²) in [6, 6.07) is 6.34. The fourth-order valence-electron chi connectivity index (χ4n) is 2.29. The summed E-state index contributed by atoms with van der Waals surface area (Å²) in [5.74, 6) is -0.398. The summed E-state index contributed by atoms with van der Waals surface area (Å²) in [6.07, 6.45) is -2.48. The number of carbonyl (C=O) groups excluding carboxylic acids is 1. The lowest BCUT2D eigenvalue weighted by Crippen LogP contribution is -2.06. The first kappa shape index (κ1) is 20.0. The monoisotopic (exact) mass is 381 g/mol. The smallest absolute Gasteiger partial charge is 0.416 e. The predicted octanol–water partition coefficient (Wildman–Crippen LogP) is 4.53. The minimum absolute atomic E-state index is 0.0398. The zero-order valence-corrected chi connectivity index (χ0v) is 14.2. The molecule has 0 heterocycles. The molecule has 2 aromatic rings. The van der Waals surface area contributed by atoms with Crippen LogP contribution in [0.2, 0.25) is 0 Å². The van der Waals surface area contributed by atoms with Crippen molar-refractivity contribution in [3.63, 3.8) is 0 Å². The highest BCUT2D eigenvalue weighted by atomic mass is 19.4. The molecule has 0 N–H and O–H groups in total. The molecule has 0 saturated carbocycles. The van der Waals surface area contributed by atoms with E-state index in [-0.39, 0.29) is 28.3 Å². The molecule has 0 saturated heterocycles. The van der Waals surface area contributed by atoms with Crippen molar-refractivity contribution in [3.05, 3.63) is 69.3 Å². The molecule has 0 bridgehead atoms. The van der Waals surface area contributed by atoms with E-state index in [4.69, 9.17) is 9.47 Å². The minimum atomic E-state index is -4.58. The Morgan fingerprint density at radius 2 is 1.74 bits per heavy atom. The Morgan fingerprint density at radius 3 is 2.30 bits per heavy atom.